The number of hydrazone groups is 1. The van der Waals surface area contributed by atoms with Crippen molar-refractivity contribution in [3.63, 3.8) is 0 Å². The van der Waals surface area contributed by atoms with Gasteiger partial charge in [0.15, 0.2) is 0 Å². The third kappa shape index (κ3) is 3.71. The minimum absolute atomic E-state index is 0.168. The first-order valence-corrected chi connectivity index (χ1v) is 7.85. The number of carboxylic acid groups (broad SMARTS) is 1. The summed E-state index contributed by atoms with van der Waals surface area (Å²) in [4.78, 5) is 23.0. The molecule has 0 fully saturated rings. The van der Waals surface area contributed by atoms with Crippen LogP contribution in [-0.2, 0) is 9.59 Å². The second-order valence-electron chi connectivity index (χ2n) is 5.62. The molecule has 0 saturated heterocycles. The van der Waals surface area contributed by atoms with Crippen LogP contribution in [0.2, 0.25) is 0 Å². The number of carbonyl (C=O) groups excluding carboxylic acids is 2. The van der Waals surface area contributed by atoms with Crippen LogP contribution in [0.1, 0.15) is 36.6 Å². The first-order valence-electron chi connectivity index (χ1n) is 7.85. The van der Waals surface area contributed by atoms with Gasteiger partial charge in [-0.2, -0.15) is 5.10 Å². The highest BCUT2D eigenvalue weighted by Crippen LogP contribution is 2.33. The summed E-state index contributed by atoms with van der Waals surface area (Å²) in [7, 11) is 1.59. The van der Waals surface area contributed by atoms with Crippen LogP contribution < -0.4 is 9.84 Å². The fourth-order valence-electron chi connectivity index (χ4n) is 2.72. The molecule has 3 rings (SSSR count). The molecule has 130 valence electrons. The predicted molar refractivity (Wildman–Crippen MR) is 86.7 cm³/mol. The number of aliphatic carboxylic acids is 1. The molecule has 0 saturated carbocycles. The number of rotatable bonds is 6. The van der Waals surface area contributed by atoms with Crippen molar-refractivity contribution in [2.45, 2.75) is 25.3 Å². The van der Waals surface area contributed by atoms with E-state index in [4.69, 9.17) is 9.15 Å². The number of ether oxygens (including phenoxy) is 1. The third-order valence-electron chi connectivity index (χ3n) is 4.00. The van der Waals surface area contributed by atoms with Gasteiger partial charge in [0, 0.05) is 18.8 Å². The van der Waals surface area contributed by atoms with Crippen molar-refractivity contribution in [1.82, 2.24) is 5.01 Å². The summed E-state index contributed by atoms with van der Waals surface area (Å²) in [6.45, 7) is 0. The Balaban J connectivity index is 1.85. The minimum atomic E-state index is -1.26. The zero-order chi connectivity index (χ0) is 17.8. The molecule has 0 spiro atoms. The molecule has 1 aromatic carbocycles. The monoisotopic (exact) mass is 341 g/mol. The average Bonchev–Trinajstić information content (AvgIpc) is 3.29. The summed E-state index contributed by atoms with van der Waals surface area (Å²) in [5.41, 5.74) is 1.60. The van der Waals surface area contributed by atoms with Crippen molar-refractivity contribution in [2.75, 3.05) is 7.11 Å². The Bertz CT molecular complexity index is 780. The standard InChI is InChI=1S/C18H18N2O5/c1-24-13-6-4-12(5-7-13)14-11-15(16-3-2-10-25-16)20(19-14)17(21)8-9-18(22)23/h2-7,10,15H,8-9,11H2,1H3,(H,22,23)/p-1/t15-/m0/s1. The second-order valence-corrected chi connectivity index (χ2v) is 5.62. The molecule has 0 radical (unpaired) electrons. The molecule has 1 aliphatic rings. The van der Waals surface area contributed by atoms with Crippen LogP contribution in [0.4, 0.5) is 0 Å². The van der Waals surface area contributed by atoms with E-state index in [0.29, 0.717) is 12.2 Å². The molecular weight excluding hydrogens is 324 g/mol. The lowest BCUT2D eigenvalue weighted by Crippen LogP contribution is -2.29. The number of amides is 1. The van der Waals surface area contributed by atoms with Crippen molar-refractivity contribution >= 4 is 17.6 Å². The number of benzene rings is 1. The number of methoxy groups -OCH3 is 1. The zero-order valence-electron chi connectivity index (χ0n) is 13.7. The maximum Gasteiger partial charge on any atom is 0.243 e. The summed E-state index contributed by atoms with van der Waals surface area (Å²) in [5.74, 6) is -0.309. The van der Waals surface area contributed by atoms with Gasteiger partial charge < -0.3 is 19.1 Å². The Morgan fingerprint density at radius 3 is 2.64 bits per heavy atom. The highest BCUT2D eigenvalue weighted by molar-refractivity contribution is 6.03. The van der Waals surface area contributed by atoms with Crippen molar-refractivity contribution < 1.29 is 23.8 Å². The van der Waals surface area contributed by atoms with Crippen LogP contribution in [0.5, 0.6) is 5.75 Å². The summed E-state index contributed by atoms with van der Waals surface area (Å²) >= 11 is 0. The summed E-state index contributed by atoms with van der Waals surface area (Å²) < 4.78 is 10.6. The fraction of sp³-hybridized carbons (Fsp3) is 0.278. The highest BCUT2D eigenvalue weighted by Gasteiger charge is 2.34. The van der Waals surface area contributed by atoms with Crippen molar-refractivity contribution in [3.8, 4) is 5.75 Å². The van der Waals surface area contributed by atoms with Gasteiger partial charge in [0.05, 0.1) is 19.1 Å². The average molecular weight is 341 g/mol. The Morgan fingerprint density at radius 2 is 2.04 bits per heavy atom. The summed E-state index contributed by atoms with van der Waals surface area (Å²) in [6.07, 6.45) is 1.51. The number of carboxylic acids is 1. The molecule has 0 aliphatic carbocycles. The smallest absolute Gasteiger partial charge is 0.243 e. The molecular formula is C18H17N2O5-. The molecule has 0 unspecified atom stereocenters. The Morgan fingerprint density at radius 1 is 1.28 bits per heavy atom. The van der Waals surface area contributed by atoms with E-state index < -0.39 is 5.97 Å². The molecule has 1 aliphatic heterocycles. The SMILES string of the molecule is COc1ccc(C2=NN(C(=O)CCC(=O)[O-])[C@H](c3ccco3)C2)cc1. The molecule has 1 amide bonds. The van der Waals surface area contributed by atoms with Crippen LogP contribution >= 0.6 is 0 Å². The lowest BCUT2D eigenvalue weighted by molar-refractivity contribution is -0.305. The first kappa shape index (κ1) is 16.8. The third-order valence-corrected chi connectivity index (χ3v) is 4.00. The number of furan rings is 1. The van der Waals surface area contributed by atoms with Gasteiger partial charge >= 0.3 is 0 Å². The van der Waals surface area contributed by atoms with Crippen molar-refractivity contribution in [2.24, 2.45) is 5.10 Å². The number of nitrogens with zero attached hydrogens (tertiary/aromatic N) is 2. The molecule has 7 heteroatoms. The molecule has 2 heterocycles. The van der Waals surface area contributed by atoms with Crippen LogP contribution in [0.3, 0.4) is 0 Å². The van der Waals surface area contributed by atoms with Gasteiger partial charge in [-0.1, -0.05) is 0 Å². The molecule has 0 bridgehead atoms. The maximum absolute atomic E-state index is 12.4. The Kier molecular flexibility index (Phi) is 4.83. The number of hydrogen-bond acceptors (Lipinski definition) is 6. The van der Waals surface area contributed by atoms with Crippen molar-refractivity contribution in [3.05, 3.63) is 54.0 Å². The lowest BCUT2D eigenvalue weighted by atomic mass is 10.0. The van der Waals surface area contributed by atoms with Crippen molar-refractivity contribution in [1.29, 1.82) is 0 Å². The largest absolute Gasteiger partial charge is 0.550 e. The lowest BCUT2D eigenvalue weighted by Gasteiger charge is -2.19. The van der Waals surface area contributed by atoms with E-state index in [2.05, 4.69) is 5.10 Å². The maximum atomic E-state index is 12.4. The Labute approximate surface area is 144 Å². The van der Waals surface area contributed by atoms with E-state index in [0.717, 1.165) is 17.0 Å². The van der Waals surface area contributed by atoms with E-state index in [9.17, 15) is 14.7 Å². The molecule has 1 atom stereocenters. The van der Waals surface area contributed by atoms with Crippen LogP contribution in [0.15, 0.2) is 52.2 Å². The van der Waals surface area contributed by atoms with Gasteiger partial charge in [0.25, 0.3) is 0 Å². The quantitative estimate of drug-likeness (QED) is 0.793. The molecule has 1 aromatic heterocycles. The van der Waals surface area contributed by atoms with Gasteiger partial charge in [0.2, 0.25) is 5.91 Å². The summed E-state index contributed by atoms with van der Waals surface area (Å²) in [6, 6.07) is 10.5. The molecule has 2 aromatic rings. The highest BCUT2D eigenvalue weighted by atomic mass is 16.5. The number of hydrogen-bond donors (Lipinski definition) is 0. The topological polar surface area (TPSA) is 95.2 Å². The van der Waals surface area contributed by atoms with Gasteiger partial charge in [-0.15, -0.1) is 0 Å². The normalized spacial score (nSPS) is 16.6. The van der Waals surface area contributed by atoms with Gasteiger partial charge in [-0.05, 0) is 48.4 Å². The Hall–Kier alpha value is -3.09. The predicted octanol–water partition coefficient (Wildman–Crippen LogP) is 1.50. The van der Waals surface area contributed by atoms with E-state index in [-0.39, 0.29) is 24.8 Å². The van der Waals surface area contributed by atoms with Crippen LogP contribution in [0.25, 0.3) is 0 Å². The van der Waals surface area contributed by atoms with E-state index in [1.165, 1.54) is 11.3 Å². The molecule has 25 heavy (non-hydrogen) atoms. The zero-order valence-corrected chi connectivity index (χ0v) is 13.7. The molecule has 7 nitrogen and oxygen atoms in total. The van der Waals surface area contributed by atoms with Crippen LogP contribution in [-0.4, -0.2) is 29.7 Å². The van der Waals surface area contributed by atoms with Gasteiger partial charge in [-0.25, -0.2) is 5.01 Å². The van der Waals surface area contributed by atoms with E-state index >= 15 is 0 Å². The van der Waals surface area contributed by atoms with E-state index in [1.54, 1.807) is 19.2 Å². The molecule has 0 N–H and O–H groups in total. The van der Waals surface area contributed by atoms with E-state index in [1.807, 2.05) is 24.3 Å². The minimum Gasteiger partial charge on any atom is -0.550 e. The number of carbonyl (C=O) groups is 2. The summed E-state index contributed by atoms with van der Waals surface area (Å²) in [5, 5.41) is 16.3. The fourth-order valence-corrected chi connectivity index (χ4v) is 2.72. The van der Waals surface area contributed by atoms with Gasteiger partial charge in [0.1, 0.15) is 17.6 Å². The van der Waals surface area contributed by atoms with Crippen LogP contribution in [0, 0.1) is 0 Å². The first-order chi connectivity index (χ1) is 12.1. The second kappa shape index (κ2) is 7.21. The van der Waals surface area contributed by atoms with Gasteiger partial charge in [-0.3, -0.25) is 4.79 Å².